The van der Waals surface area contributed by atoms with Crippen LogP contribution in [0.1, 0.15) is 20.8 Å². The monoisotopic (exact) mass is 426 g/mol. The number of nitrogens with one attached hydrogen (secondary N) is 1. The Morgan fingerprint density at radius 2 is 1.81 bits per heavy atom. The normalized spacial score (nSPS) is 11.5. The number of hydrogen-bond acceptors (Lipinski definition) is 6. The lowest BCUT2D eigenvalue weighted by molar-refractivity contribution is 0.102. The van der Waals surface area contributed by atoms with Crippen LogP contribution in [-0.2, 0) is 0 Å². The van der Waals surface area contributed by atoms with Gasteiger partial charge in [-0.25, -0.2) is 9.97 Å². The Bertz CT molecular complexity index is 1440. The summed E-state index contributed by atoms with van der Waals surface area (Å²) in [6.45, 7) is 1.99. The number of aryl methyl sites for hydroxylation is 1. The van der Waals surface area contributed by atoms with Crippen LogP contribution in [0, 0.1) is 6.92 Å². The molecular formula is C23H18N6OS. The van der Waals surface area contributed by atoms with Gasteiger partial charge in [0.2, 0.25) is 0 Å². The zero-order valence-corrected chi connectivity index (χ0v) is 17.4. The van der Waals surface area contributed by atoms with Crippen molar-refractivity contribution < 1.29 is 4.79 Å². The lowest BCUT2D eigenvalue weighted by Gasteiger charge is -2.05. The third-order valence-electron chi connectivity index (χ3n) is 4.85. The van der Waals surface area contributed by atoms with Gasteiger partial charge < -0.3 is 11.1 Å². The highest BCUT2D eigenvalue weighted by atomic mass is 32.1. The number of anilines is 2. The molecule has 152 valence electrons. The third-order valence-corrected chi connectivity index (χ3v) is 5.66. The number of thiophene rings is 1. The first kappa shape index (κ1) is 19.0. The predicted molar refractivity (Wildman–Crippen MR) is 126 cm³/mol. The van der Waals surface area contributed by atoms with Gasteiger partial charge in [0.05, 0.1) is 17.2 Å². The summed E-state index contributed by atoms with van der Waals surface area (Å²) in [7, 11) is 0. The van der Waals surface area contributed by atoms with Crippen LogP contribution in [0.2, 0.25) is 0 Å². The lowest BCUT2D eigenvalue weighted by atomic mass is 10.2. The van der Waals surface area contributed by atoms with Gasteiger partial charge >= 0.3 is 0 Å². The van der Waals surface area contributed by atoms with E-state index in [9.17, 15) is 4.79 Å². The van der Waals surface area contributed by atoms with Crippen LogP contribution in [0.4, 0.5) is 11.5 Å². The fourth-order valence-corrected chi connectivity index (χ4v) is 3.88. The number of nitrogens with two attached hydrogens (primary N) is 1. The Labute approximate surface area is 181 Å². The van der Waals surface area contributed by atoms with Crippen LogP contribution in [0.15, 0.2) is 71.1 Å². The highest BCUT2D eigenvalue weighted by Crippen LogP contribution is 2.28. The quantitative estimate of drug-likeness (QED) is 0.408. The number of aromatic nitrogens is 3. The van der Waals surface area contributed by atoms with Crippen molar-refractivity contribution >= 4 is 57.2 Å². The molecule has 5 aromatic rings. The van der Waals surface area contributed by atoms with Crippen LogP contribution < -0.4 is 11.1 Å². The van der Waals surface area contributed by atoms with Crippen LogP contribution >= 0.6 is 11.3 Å². The number of amides is 1. The maximum Gasteiger partial charge on any atom is 0.261 e. The molecule has 1 amide bonds. The van der Waals surface area contributed by atoms with Crippen molar-refractivity contribution in [2.45, 2.75) is 6.92 Å². The van der Waals surface area contributed by atoms with Crippen molar-refractivity contribution in [3.63, 3.8) is 0 Å². The van der Waals surface area contributed by atoms with Crippen molar-refractivity contribution in [3.05, 3.63) is 82.0 Å². The molecule has 0 spiro atoms. The molecule has 0 saturated carbocycles. The molecule has 0 aliphatic rings. The van der Waals surface area contributed by atoms with Gasteiger partial charge in [-0.05, 0) is 42.6 Å². The highest BCUT2D eigenvalue weighted by Gasteiger charge is 2.24. The zero-order valence-electron chi connectivity index (χ0n) is 16.6. The fourth-order valence-electron chi connectivity index (χ4n) is 3.30. The Morgan fingerprint density at radius 3 is 2.52 bits per heavy atom. The van der Waals surface area contributed by atoms with Crippen molar-refractivity contribution in [1.82, 2.24) is 14.6 Å². The Hall–Kier alpha value is -4.04. The Balaban J connectivity index is 1.67. The largest absolute Gasteiger partial charge is 0.383 e. The van der Waals surface area contributed by atoms with E-state index in [1.54, 1.807) is 17.6 Å². The lowest BCUT2D eigenvalue weighted by Crippen LogP contribution is -2.14. The van der Waals surface area contributed by atoms with E-state index in [0.717, 1.165) is 10.4 Å². The maximum atomic E-state index is 13.2. The molecule has 3 N–H and O–H groups in total. The van der Waals surface area contributed by atoms with Gasteiger partial charge in [-0.1, -0.05) is 35.9 Å². The highest BCUT2D eigenvalue weighted by molar-refractivity contribution is 7.11. The van der Waals surface area contributed by atoms with E-state index in [0.29, 0.717) is 27.9 Å². The van der Waals surface area contributed by atoms with Crippen molar-refractivity contribution in [2.24, 2.45) is 5.10 Å². The molecule has 0 radical (unpaired) electrons. The number of hydrogen-bond donors (Lipinski definition) is 2. The second kappa shape index (κ2) is 7.66. The summed E-state index contributed by atoms with van der Waals surface area (Å²) in [5, 5.41) is 9.36. The number of rotatable bonds is 4. The molecule has 0 atom stereocenters. The molecular weight excluding hydrogens is 408 g/mol. The van der Waals surface area contributed by atoms with Crippen molar-refractivity contribution in [3.8, 4) is 0 Å². The maximum absolute atomic E-state index is 13.2. The van der Waals surface area contributed by atoms with E-state index in [-0.39, 0.29) is 17.3 Å². The van der Waals surface area contributed by atoms with Crippen LogP contribution in [-0.4, -0.2) is 26.8 Å². The van der Waals surface area contributed by atoms with Gasteiger partial charge in [0.25, 0.3) is 5.91 Å². The summed E-state index contributed by atoms with van der Waals surface area (Å²) in [6.07, 6.45) is 1.69. The molecule has 0 aliphatic carbocycles. The van der Waals surface area contributed by atoms with Gasteiger partial charge in [-0.3, -0.25) is 4.79 Å². The van der Waals surface area contributed by atoms with E-state index >= 15 is 0 Å². The van der Waals surface area contributed by atoms with E-state index in [2.05, 4.69) is 15.4 Å². The molecule has 31 heavy (non-hydrogen) atoms. The summed E-state index contributed by atoms with van der Waals surface area (Å²) >= 11 is 1.55. The molecule has 3 aromatic heterocycles. The van der Waals surface area contributed by atoms with Crippen molar-refractivity contribution in [1.29, 1.82) is 0 Å². The molecule has 7 nitrogen and oxygen atoms in total. The molecule has 0 bridgehead atoms. The average molecular weight is 427 g/mol. The molecule has 3 heterocycles. The minimum atomic E-state index is -0.360. The van der Waals surface area contributed by atoms with E-state index < -0.39 is 0 Å². The van der Waals surface area contributed by atoms with Gasteiger partial charge in [-0.2, -0.15) is 9.78 Å². The van der Waals surface area contributed by atoms with E-state index in [1.165, 1.54) is 4.68 Å². The molecule has 0 aliphatic heterocycles. The molecule has 8 heteroatoms. The molecule has 0 saturated heterocycles. The van der Waals surface area contributed by atoms with Crippen LogP contribution in [0.3, 0.4) is 0 Å². The number of para-hydroxylation sites is 2. The summed E-state index contributed by atoms with van der Waals surface area (Å²) in [5.74, 6) is -0.177. The van der Waals surface area contributed by atoms with Crippen LogP contribution in [0.25, 0.3) is 22.2 Å². The van der Waals surface area contributed by atoms with Gasteiger partial charge in [0.1, 0.15) is 16.9 Å². The second-order valence-corrected chi connectivity index (χ2v) is 8.02. The SMILES string of the molecule is Cc1ccc(NC(=O)c2c(N)n(/N=C\c3cccs3)c3nc4ccccc4nc23)cc1. The summed E-state index contributed by atoms with van der Waals surface area (Å²) in [4.78, 5) is 23.5. The third kappa shape index (κ3) is 3.53. The first-order chi connectivity index (χ1) is 15.1. The van der Waals surface area contributed by atoms with Crippen molar-refractivity contribution in [2.75, 3.05) is 11.1 Å². The summed E-state index contributed by atoms with van der Waals surface area (Å²) < 4.78 is 1.47. The number of benzene rings is 2. The summed E-state index contributed by atoms with van der Waals surface area (Å²) in [5.41, 5.74) is 10.6. The minimum Gasteiger partial charge on any atom is -0.383 e. The van der Waals surface area contributed by atoms with Gasteiger partial charge in [0.15, 0.2) is 5.65 Å². The number of carbonyl (C=O) groups excluding carboxylic acids is 1. The van der Waals surface area contributed by atoms with E-state index in [4.69, 9.17) is 10.7 Å². The minimum absolute atomic E-state index is 0.183. The molecule has 0 fully saturated rings. The fraction of sp³-hybridized carbons (Fsp3) is 0.0435. The van der Waals surface area contributed by atoms with Gasteiger partial charge in [-0.15, -0.1) is 11.3 Å². The number of nitrogens with zero attached hydrogens (tertiary/aromatic N) is 4. The molecule has 5 rings (SSSR count). The zero-order chi connectivity index (χ0) is 21.4. The first-order valence-corrected chi connectivity index (χ1v) is 10.5. The summed E-state index contributed by atoms with van der Waals surface area (Å²) in [6, 6.07) is 18.9. The topological polar surface area (TPSA) is 98.2 Å². The number of carbonyl (C=O) groups is 1. The standard InChI is InChI=1S/C23H18N6OS/c1-14-8-10-15(11-9-14)26-23(30)19-20-22(28-18-7-3-2-6-17(18)27-20)29(21(19)24)25-13-16-5-4-12-31-16/h2-13H,24H2,1H3,(H,26,30)/b25-13-. The smallest absolute Gasteiger partial charge is 0.261 e. The van der Waals surface area contributed by atoms with Gasteiger partial charge in [0, 0.05) is 10.6 Å². The number of nitrogen functional groups attached to an aromatic ring is 1. The Morgan fingerprint density at radius 1 is 1.06 bits per heavy atom. The molecule has 0 unspecified atom stereocenters. The molecule has 2 aromatic carbocycles. The Kier molecular flexibility index (Phi) is 4.68. The predicted octanol–water partition coefficient (Wildman–Crippen LogP) is 4.67. The number of fused-ring (bicyclic) bond motifs is 2. The van der Waals surface area contributed by atoms with E-state index in [1.807, 2.05) is 73.0 Å². The second-order valence-electron chi connectivity index (χ2n) is 7.04. The first-order valence-electron chi connectivity index (χ1n) is 9.63. The average Bonchev–Trinajstić information content (AvgIpc) is 3.38. The van der Waals surface area contributed by atoms with Crippen LogP contribution in [0.5, 0.6) is 0 Å².